The van der Waals surface area contributed by atoms with Gasteiger partial charge in [-0.25, -0.2) is 9.97 Å². The first-order valence-electron chi connectivity index (χ1n) is 9.03. The molecule has 0 saturated carbocycles. The van der Waals surface area contributed by atoms with Gasteiger partial charge >= 0.3 is 0 Å². The van der Waals surface area contributed by atoms with E-state index in [4.69, 9.17) is 11.6 Å². The van der Waals surface area contributed by atoms with E-state index in [0.717, 1.165) is 5.56 Å². The van der Waals surface area contributed by atoms with Crippen LogP contribution in [0.4, 0.5) is 0 Å². The number of halogens is 1. The topological polar surface area (TPSA) is 79.0 Å². The van der Waals surface area contributed by atoms with E-state index in [9.17, 15) is 9.59 Å². The van der Waals surface area contributed by atoms with Crippen molar-refractivity contribution in [1.82, 2.24) is 19.9 Å². The van der Waals surface area contributed by atoms with Crippen LogP contribution in [0, 0.1) is 0 Å². The molecule has 7 heteroatoms. The second kappa shape index (κ2) is 8.24. The average molecular weight is 405 g/mol. The molecule has 0 unspecified atom stereocenters. The van der Waals surface area contributed by atoms with Crippen molar-refractivity contribution in [3.05, 3.63) is 105 Å². The van der Waals surface area contributed by atoms with Gasteiger partial charge in [-0.15, -0.1) is 0 Å². The molecular weight excluding hydrogens is 388 g/mol. The summed E-state index contributed by atoms with van der Waals surface area (Å²) >= 11 is 5.84. The van der Waals surface area contributed by atoms with Crippen LogP contribution < -0.4 is 5.56 Å². The number of nitrogens with one attached hydrogen (secondary N) is 1. The molecular formula is C22H17ClN4O2. The number of amides is 1. The minimum absolute atomic E-state index is 0.149. The molecule has 4 rings (SSSR count). The Kier molecular flexibility index (Phi) is 5.35. The number of rotatable bonds is 5. The van der Waals surface area contributed by atoms with E-state index < -0.39 is 0 Å². The zero-order valence-corrected chi connectivity index (χ0v) is 16.1. The number of hydrogen-bond donors (Lipinski definition) is 1. The fraction of sp³-hybridized carbons (Fsp3) is 0.0909. The number of hydrogen-bond acceptors (Lipinski definition) is 4. The molecule has 2 heterocycles. The Balaban J connectivity index is 1.69. The van der Waals surface area contributed by atoms with E-state index in [1.807, 2.05) is 36.4 Å². The van der Waals surface area contributed by atoms with Crippen LogP contribution in [0.5, 0.6) is 0 Å². The summed E-state index contributed by atoms with van der Waals surface area (Å²) in [5.74, 6) is 0.189. The number of carbonyl (C=O) groups is 1. The summed E-state index contributed by atoms with van der Waals surface area (Å²) < 4.78 is 0. The Bertz CT molecular complexity index is 1210. The fourth-order valence-electron chi connectivity index (χ4n) is 3.08. The third kappa shape index (κ3) is 4.33. The first-order valence-corrected chi connectivity index (χ1v) is 9.40. The highest BCUT2D eigenvalue weighted by atomic mass is 35.5. The lowest BCUT2D eigenvalue weighted by Gasteiger charge is -2.22. The standard InChI is InChI=1S/C22H17ClN4O2/c23-19-11-10-16(12-24-19)22(29)27(13-15-6-2-1-3-7-15)14-20-25-18-9-5-4-8-17(18)21(28)26-20/h1-12H,13-14H2,(H,25,26,28). The van der Waals surface area contributed by atoms with E-state index in [0.29, 0.717) is 34.0 Å². The molecule has 2 aromatic heterocycles. The predicted octanol–water partition coefficient (Wildman–Crippen LogP) is 3.81. The monoisotopic (exact) mass is 404 g/mol. The Morgan fingerprint density at radius 3 is 2.48 bits per heavy atom. The van der Waals surface area contributed by atoms with Gasteiger partial charge in [0, 0.05) is 12.7 Å². The third-order valence-corrected chi connectivity index (χ3v) is 4.70. The molecule has 0 bridgehead atoms. The highest BCUT2D eigenvalue weighted by Crippen LogP contribution is 2.15. The van der Waals surface area contributed by atoms with E-state index in [1.54, 1.807) is 35.2 Å². The first-order chi connectivity index (χ1) is 14.1. The van der Waals surface area contributed by atoms with Gasteiger partial charge in [0.2, 0.25) is 0 Å². The zero-order valence-electron chi connectivity index (χ0n) is 15.4. The summed E-state index contributed by atoms with van der Waals surface area (Å²) in [6, 6.07) is 19.9. The molecule has 0 aliphatic carbocycles. The van der Waals surface area contributed by atoms with Crippen molar-refractivity contribution in [2.45, 2.75) is 13.1 Å². The van der Waals surface area contributed by atoms with Gasteiger partial charge < -0.3 is 9.88 Å². The van der Waals surface area contributed by atoms with E-state index in [-0.39, 0.29) is 18.0 Å². The quantitative estimate of drug-likeness (QED) is 0.513. The maximum Gasteiger partial charge on any atom is 0.258 e. The third-order valence-electron chi connectivity index (χ3n) is 4.48. The van der Waals surface area contributed by atoms with E-state index in [2.05, 4.69) is 15.0 Å². The molecule has 0 fully saturated rings. The molecule has 0 spiro atoms. The highest BCUT2D eigenvalue weighted by molar-refractivity contribution is 6.29. The van der Waals surface area contributed by atoms with Crippen LogP contribution in [0.3, 0.4) is 0 Å². The van der Waals surface area contributed by atoms with Gasteiger partial charge in [-0.3, -0.25) is 9.59 Å². The number of H-pyrrole nitrogens is 1. The molecule has 2 aromatic carbocycles. The highest BCUT2D eigenvalue weighted by Gasteiger charge is 2.19. The molecule has 0 radical (unpaired) electrons. The van der Waals surface area contributed by atoms with Crippen molar-refractivity contribution in [3.63, 3.8) is 0 Å². The number of benzene rings is 2. The van der Waals surface area contributed by atoms with E-state index in [1.165, 1.54) is 6.20 Å². The van der Waals surface area contributed by atoms with Gasteiger partial charge in [0.25, 0.3) is 11.5 Å². The molecule has 1 N–H and O–H groups in total. The van der Waals surface area contributed by atoms with Crippen LogP contribution in [0.25, 0.3) is 10.9 Å². The van der Waals surface area contributed by atoms with Crippen LogP contribution in [0.2, 0.25) is 5.15 Å². The van der Waals surface area contributed by atoms with Crippen LogP contribution >= 0.6 is 11.6 Å². The molecule has 0 atom stereocenters. The second-order valence-electron chi connectivity index (χ2n) is 6.55. The minimum Gasteiger partial charge on any atom is -0.327 e. The Labute approximate surface area is 171 Å². The van der Waals surface area contributed by atoms with Crippen molar-refractivity contribution in [3.8, 4) is 0 Å². The number of aromatic nitrogens is 3. The number of para-hydroxylation sites is 1. The molecule has 6 nitrogen and oxygen atoms in total. The summed E-state index contributed by atoms with van der Waals surface area (Å²) in [6.45, 7) is 0.509. The van der Waals surface area contributed by atoms with Gasteiger partial charge in [-0.05, 0) is 29.8 Å². The smallest absolute Gasteiger partial charge is 0.258 e. The van der Waals surface area contributed by atoms with Gasteiger partial charge in [0.05, 0.1) is 23.0 Å². The minimum atomic E-state index is -0.231. The molecule has 0 aliphatic heterocycles. The lowest BCUT2D eigenvalue weighted by molar-refractivity contribution is 0.0725. The maximum atomic E-state index is 13.1. The van der Waals surface area contributed by atoms with Crippen LogP contribution in [0.15, 0.2) is 77.7 Å². The van der Waals surface area contributed by atoms with Crippen LogP contribution in [0.1, 0.15) is 21.7 Å². The first kappa shape index (κ1) is 18.8. The van der Waals surface area contributed by atoms with Crippen molar-refractivity contribution in [1.29, 1.82) is 0 Å². The van der Waals surface area contributed by atoms with E-state index >= 15 is 0 Å². The van der Waals surface area contributed by atoms with Gasteiger partial charge in [0.15, 0.2) is 0 Å². The maximum absolute atomic E-state index is 13.1. The molecule has 4 aromatic rings. The lowest BCUT2D eigenvalue weighted by Crippen LogP contribution is -2.31. The molecule has 144 valence electrons. The lowest BCUT2D eigenvalue weighted by atomic mass is 10.2. The SMILES string of the molecule is O=C(c1ccc(Cl)nc1)N(Cc1ccccc1)Cc1nc2ccccc2c(=O)[nH]1. The summed E-state index contributed by atoms with van der Waals surface area (Å²) in [7, 11) is 0. The van der Waals surface area contributed by atoms with Gasteiger partial charge in [-0.1, -0.05) is 54.1 Å². The fourth-order valence-corrected chi connectivity index (χ4v) is 3.19. The number of fused-ring (bicyclic) bond motifs is 1. The van der Waals surface area contributed by atoms with Crippen molar-refractivity contribution in [2.75, 3.05) is 0 Å². The predicted molar refractivity (Wildman–Crippen MR) is 112 cm³/mol. The second-order valence-corrected chi connectivity index (χ2v) is 6.93. The zero-order chi connectivity index (χ0) is 20.2. The summed E-state index contributed by atoms with van der Waals surface area (Å²) in [5, 5.41) is 0.829. The van der Waals surface area contributed by atoms with Crippen molar-refractivity contribution < 1.29 is 4.79 Å². The summed E-state index contributed by atoms with van der Waals surface area (Å²) in [5.41, 5.74) is 1.73. The number of nitrogens with zero attached hydrogens (tertiary/aromatic N) is 3. The number of aromatic amines is 1. The molecule has 29 heavy (non-hydrogen) atoms. The largest absolute Gasteiger partial charge is 0.327 e. The Morgan fingerprint density at radius 1 is 0.966 bits per heavy atom. The number of pyridine rings is 1. The molecule has 0 aliphatic rings. The number of carbonyl (C=O) groups excluding carboxylic acids is 1. The van der Waals surface area contributed by atoms with Crippen molar-refractivity contribution in [2.24, 2.45) is 0 Å². The molecule has 1 amide bonds. The molecule has 0 saturated heterocycles. The Hall–Kier alpha value is -3.51. The van der Waals surface area contributed by atoms with Crippen molar-refractivity contribution >= 4 is 28.4 Å². The average Bonchev–Trinajstić information content (AvgIpc) is 2.74. The van der Waals surface area contributed by atoms with Crippen LogP contribution in [-0.4, -0.2) is 25.8 Å². The van der Waals surface area contributed by atoms with Gasteiger partial charge in [-0.2, -0.15) is 0 Å². The van der Waals surface area contributed by atoms with Gasteiger partial charge in [0.1, 0.15) is 11.0 Å². The normalized spacial score (nSPS) is 10.8. The summed E-state index contributed by atoms with van der Waals surface area (Å²) in [6.07, 6.45) is 1.44. The summed E-state index contributed by atoms with van der Waals surface area (Å²) in [4.78, 5) is 38.5. The Morgan fingerprint density at radius 2 is 1.72 bits per heavy atom. The van der Waals surface area contributed by atoms with Crippen LogP contribution in [-0.2, 0) is 13.1 Å².